The van der Waals surface area contributed by atoms with Crippen LogP contribution in [0.2, 0.25) is 0 Å². The topological polar surface area (TPSA) is 201 Å². The molecule has 19 heteroatoms. The number of ether oxygens (including phenoxy) is 1. The number of hydrogen-bond acceptors (Lipinski definition) is 12. The lowest BCUT2D eigenvalue weighted by Crippen LogP contribution is -2.57. The van der Waals surface area contributed by atoms with Crippen molar-refractivity contribution in [2.45, 2.75) is 105 Å². The molecule has 3 aromatic rings. The van der Waals surface area contributed by atoms with E-state index >= 15 is 0 Å². The van der Waals surface area contributed by atoms with Gasteiger partial charge in [0.2, 0.25) is 21.8 Å². The Labute approximate surface area is 345 Å². The highest BCUT2D eigenvalue weighted by Gasteiger charge is 2.62. The summed E-state index contributed by atoms with van der Waals surface area (Å²) in [5.41, 5.74) is 0.729. The molecule has 5 atom stereocenters. The van der Waals surface area contributed by atoms with Crippen molar-refractivity contribution in [3.8, 4) is 11.3 Å². The number of allylic oxidation sites excluding steroid dienone is 1. The monoisotopic (exact) mass is 868 g/mol. The van der Waals surface area contributed by atoms with Gasteiger partial charge in [0.15, 0.2) is 15.0 Å². The van der Waals surface area contributed by atoms with Crippen molar-refractivity contribution in [2.75, 3.05) is 18.1 Å². The number of hydrogen-bond donors (Lipinski definition) is 3. The molecule has 8 rings (SSSR count). The fourth-order valence-electron chi connectivity index (χ4n) is 8.07. The highest BCUT2D eigenvalue weighted by Crippen LogP contribution is 2.46. The van der Waals surface area contributed by atoms with Gasteiger partial charge in [-0.15, -0.1) is 11.3 Å². The molecular formula is C40H45FN6O9S3. The zero-order chi connectivity index (χ0) is 41.7. The molecule has 3 aliphatic heterocycles. The second-order valence-electron chi connectivity index (χ2n) is 16.0. The van der Waals surface area contributed by atoms with Gasteiger partial charge in [0.1, 0.15) is 29.5 Å². The Bertz CT molecular complexity index is 2420. The maximum atomic E-state index is 14.7. The predicted molar refractivity (Wildman–Crippen MR) is 215 cm³/mol. The number of anilines is 1. The number of sulfone groups is 1. The Kier molecular flexibility index (Phi) is 11.1. The van der Waals surface area contributed by atoms with Crippen LogP contribution in [0.15, 0.2) is 64.9 Å². The number of halogens is 1. The lowest BCUT2D eigenvalue weighted by atomic mass is 10.1. The molecule has 1 aromatic heterocycles. The molecule has 59 heavy (non-hydrogen) atoms. The molecule has 314 valence electrons. The van der Waals surface area contributed by atoms with Gasteiger partial charge in [-0.1, -0.05) is 49.3 Å². The molecule has 1 saturated heterocycles. The summed E-state index contributed by atoms with van der Waals surface area (Å²) in [7, 11) is -7.33. The van der Waals surface area contributed by atoms with E-state index in [0.29, 0.717) is 59.6 Å². The second-order valence-corrected chi connectivity index (χ2v) is 20.9. The van der Waals surface area contributed by atoms with E-state index in [2.05, 4.69) is 20.3 Å². The minimum absolute atomic E-state index is 0.0000658. The van der Waals surface area contributed by atoms with Crippen LogP contribution in [0.1, 0.15) is 68.9 Å². The molecule has 3 N–H and O–H groups in total. The minimum atomic E-state index is -3.93. The SMILES string of the molecule is CS(=O)(=O)c1ccc(-c2csc(N[C@H]3CCCCC/C=C\[C@@H]4C[C@@]4(C(=O)NS(=O)(=O)C4CC4)NC(=O)[C@@H]4C[C@@H](OC(=O)N5Cc6cccc(F)c6C5)CN4C3=O)n2)cc1. The summed E-state index contributed by atoms with van der Waals surface area (Å²) in [5.74, 6) is -2.88. The lowest BCUT2D eigenvalue weighted by Gasteiger charge is -2.29. The summed E-state index contributed by atoms with van der Waals surface area (Å²) >= 11 is 1.26. The van der Waals surface area contributed by atoms with Crippen molar-refractivity contribution in [1.82, 2.24) is 24.8 Å². The van der Waals surface area contributed by atoms with Crippen LogP contribution in [-0.4, -0.2) is 97.2 Å². The number of carbonyl (C=O) groups is 4. The first-order chi connectivity index (χ1) is 28.1. The van der Waals surface area contributed by atoms with Gasteiger partial charge < -0.3 is 20.3 Å². The predicted octanol–water partition coefficient (Wildman–Crippen LogP) is 4.26. The van der Waals surface area contributed by atoms with E-state index in [1.807, 2.05) is 12.2 Å². The molecule has 4 amide bonds. The third-order valence-electron chi connectivity index (χ3n) is 11.7. The normalized spacial score (nSPS) is 26.7. The van der Waals surface area contributed by atoms with Gasteiger partial charge in [0.25, 0.3) is 5.91 Å². The largest absolute Gasteiger partial charge is 0.444 e. The zero-order valence-electron chi connectivity index (χ0n) is 32.3. The summed E-state index contributed by atoms with van der Waals surface area (Å²) in [5, 5.41) is 7.65. The van der Waals surface area contributed by atoms with Crippen LogP contribution >= 0.6 is 11.3 Å². The summed E-state index contributed by atoms with van der Waals surface area (Å²) in [6.45, 7) is -0.0183. The van der Waals surface area contributed by atoms with E-state index in [-0.39, 0.29) is 37.4 Å². The van der Waals surface area contributed by atoms with Gasteiger partial charge in [0, 0.05) is 41.6 Å². The van der Waals surface area contributed by atoms with Gasteiger partial charge >= 0.3 is 6.09 Å². The maximum Gasteiger partial charge on any atom is 0.410 e. The molecule has 2 aliphatic carbocycles. The highest BCUT2D eigenvalue weighted by atomic mass is 32.2. The fourth-order valence-corrected chi connectivity index (χ4v) is 10.8. The van der Waals surface area contributed by atoms with Gasteiger partial charge in [-0.25, -0.2) is 31.0 Å². The molecule has 0 bridgehead atoms. The van der Waals surface area contributed by atoms with E-state index in [0.717, 1.165) is 19.1 Å². The first-order valence-corrected chi connectivity index (χ1v) is 24.0. The number of thiazole rings is 1. The van der Waals surface area contributed by atoms with Crippen LogP contribution in [0, 0.1) is 11.7 Å². The molecule has 4 heterocycles. The quantitative estimate of drug-likeness (QED) is 0.273. The highest BCUT2D eigenvalue weighted by molar-refractivity contribution is 7.91. The summed E-state index contributed by atoms with van der Waals surface area (Å²) < 4.78 is 72.3. The first kappa shape index (κ1) is 40.9. The maximum absolute atomic E-state index is 14.7. The Morgan fingerprint density at radius 1 is 1.02 bits per heavy atom. The molecule has 15 nitrogen and oxygen atoms in total. The van der Waals surface area contributed by atoms with Gasteiger partial charge in [-0.3, -0.25) is 24.0 Å². The number of sulfonamides is 1. The Hall–Kier alpha value is -4.88. The summed E-state index contributed by atoms with van der Waals surface area (Å²) in [6, 6.07) is 8.88. The van der Waals surface area contributed by atoms with E-state index < -0.39 is 84.4 Å². The van der Waals surface area contributed by atoms with Crippen molar-refractivity contribution >= 4 is 60.1 Å². The number of carbonyl (C=O) groups excluding carboxylic acids is 4. The van der Waals surface area contributed by atoms with Crippen molar-refractivity contribution in [1.29, 1.82) is 0 Å². The Balaban J connectivity index is 1.05. The van der Waals surface area contributed by atoms with Crippen molar-refractivity contribution in [2.24, 2.45) is 5.92 Å². The van der Waals surface area contributed by atoms with Gasteiger partial charge in [-0.05, 0) is 62.3 Å². The number of rotatable bonds is 8. The Morgan fingerprint density at radius 2 is 1.80 bits per heavy atom. The second kappa shape index (κ2) is 15.9. The van der Waals surface area contributed by atoms with Crippen LogP contribution in [0.4, 0.5) is 14.3 Å². The van der Waals surface area contributed by atoms with Crippen LogP contribution < -0.4 is 15.4 Å². The van der Waals surface area contributed by atoms with E-state index in [4.69, 9.17) is 4.74 Å². The third kappa shape index (κ3) is 8.73. The molecule has 0 radical (unpaired) electrons. The third-order valence-corrected chi connectivity index (χ3v) is 15.4. The van der Waals surface area contributed by atoms with Crippen LogP contribution in [0.5, 0.6) is 0 Å². The average molecular weight is 869 g/mol. The van der Waals surface area contributed by atoms with Crippen LogP contribution in [-0.2, 0) is 52.1 Å². The molecule has 3 fully saturated rings. The molecule has 0 unspecified atom stereocenters. The number of nitrogens with zero attached hydrogens (tertiary/aromatic N) is 3. The first-order valence-electron chi connectivity index (χ1n) is 19.7. The number of aromatic nitrogens is 1. The van der Waals surface area contributed by atoms with Gasteiger partial charge in [0.05, 0.1) is 28.9 Å². The number of benzene rings is 2. The van der Waals surface area contributed by atoms with E-state index in [1.54, 1.807) is 29.6 Å². The van der Waals surface area contributed by atoms with E-state index in [9.17, 15) is 40.4 Å². The standard InChI is InChI=1S/C40H45FN6O9S3/c1-58(52,53)28-14-12-24(13-15-28)33-23-57-38(43-33)42-32-11-6-4-2-3-5-9-26-19-40(26,37(50)45-59(54,55)29-16-17-29)44-35(48)34-18-27(21-47(34)36(32)49)56-39(51)46-20-25-8-7-10-31(41)30(25)22-46/h5,7-10,12-15,23,26-27,29,32,34H,2-4,6,11,16-22H2,1H3,(H,42,43)(H,44,48)(H,45,50)/b9-5-/t26-,27-,32+,34+,40-/m1/s1. The molecule has 5 aliphatic rings. The average Bonchev–Trinajstić information content (AvgIpc) is 3.99. The molecular weight excluding hydrogens is 824 g/mol. The van der Waals surface area contributed by atoms with Gasteiger partial charge in [-0.2, -0.15) is 0 Å². The van der Waals surface area contributed by atoms with Crippen molar-refractivity contribution < 1.29 is 45.1 Å². The zero-order valence-corrected chi connectivity index (χ0v) is 34.7. The minimum Gasteiger partial charge on any atom is -0.444 e. The summed E-state index contributed by atoms with van der Waals surface area (Å²) in [4.78, 5) is 63.9. The van der Waals surface area contributed by atoms with E-state index in [1.165, 1.54) is 39.3 Å². The van der Waals surface area contributed by atoms with Crippen molar-refractivity contribution in [3.05, 3.63) is 76.9 Å². The number of amides is 4. The van der Waals surface area contributed by atoms with Crippen molar-refractivity contribution in [3.63, 3.8) is 0 Å². The molecule has 2 aromatic carbocycles. The molecule has 0 spiro atoms. The number of nitrogens with one attached hydrogen (secondary N) is 3. The number of fused-ring (bicyclic) bond motifs is 3. The fraction of sp³-hybridized carbons (Fsp3) is 0.475. The van der Waals surface area contributed by atoms with Crippen LogP contribution in [0.3, 0.4) is 0 Å². The lowest BCUT2D eigenvalue weighted by molar-refractivity contribution is -0.140. The smallest absolute Gasteiger partial charge is 0.410 e. The van der Waals surface area contributed by atoms with Crippen LogP contribution in [0.25, 0.3) is 11.3 Å². The molecule has 2 saturated carbocycles. The Morgan fingerprint density at radius 3 is 2.53 bits per heavy atom. The summed E-state index contributed by atoms with van der Waals surface area (Å²) in [6.07, 6.45) is 7.43.